The molecule has 0 amide bonds. The standard InChI is InChI=1S/C16H13NO2.FHO3S/c1-2-19-16(18)15-11-7-3-5-9-13(11)17-14-10-6-4-8-12(14)15;1-5(2,3)4/h3-10H,2H2,1H3;(H,2,3,4). The smallest absolute Gasteiger partial charge is 0.339 e. The maximum absolute atomic E-state index is 12.2. The molecule has 0 saturated heterocycles. The van der Waals surface area contributed by atoms with Crippen LogP contribution < -0.4 is 4.98 Å². The second kappa shape index (κ2) is 7.33. The summed E-state index contributed by atoms with van der Waals surface area (Å²) in [4.78, 5) is 15.6. The Balaban J connectivity index is 0.000000368. The van der Waals surface area contributed by atoms with Gasteiger partial charge in [-0.1, -0.05) is 24.3 Å². The Morgan fingerprint density at radius 1 is 1.08 bits per heavy atom. The number of benzene rings is 2. The number of aromatic amines is 1. The predicted molar refractivity (Wildman–Crippen MR) is 84.8 cm³/mol. The summed E-state index contributed by atoms with van der Waals surface area (Å²) >= 11 is 0. The highest BCUT2D eigenvalue weighted by Crippen LogP contribution is 2.24. The minimum atomic E-state index is -5.42. The minimum absolute atomic E-state index is 0.274. The maximum Gasteiger partial charge on any atom is 0.339 e. The Labute approximate surface area is 137 Å². The largest absolute Gasteiger partial charge is 0.722 e. The highest BCUT2D eigenvalue weighted by atomic mass is 32.3. The van der Waals surface area contributed by atoms with Crippen molar-refractivity contribution < 1.29 is 31.4 Å². The van der Waals surface area contributed by atoms with Crippen LogP contribution in [0.1, 0.15) is 17.3 Å². The first kappa shape index (κ1) is 17.8. The molecule has 2 aromatic carbocycles. The lowest BCUT2D eigenvalue weighted by Gasteiger charge is -2.06. The molecule has 1 N–H and O–H groups in total. The van der Waals surface area contributed by atoms with Gasteiger partial charge in [-0.3, -0.25) is 0 Å². The van der Waals surface area contributed by atoms with Gasteiger partial charge in [0.2, 0.25) is 11.0 Å². The molecule has 3 aromatic rings. The van der Waals surface area contributed by atoms with Gasteiger partial charge in [0, 0.05) is 12.1 Å². The van der Waals surface area contributed by atoms with Crippen LogP contribution in [0.15, 0.2) is 48.5 Å². The molecule has 0 atom stereocenters. The Hall–Kier alpha value is -2.58. The summed E-state index contributed by atoms with van der Waals surface area (Å²) in [5, 5.41) is 1.78. The Kier molecular flexibility index (Phi) is 5.42. The van der Waals surface area contributed by atoms with Gasteiger partial charge < -0.3 is 9.29 Å². The van der Waals surface area contributed by atoms with Crippen molar-refractivity contribution >= 4 is 38.3 Å². The number of rotatable bonds is 2. The lowest BCUT2D eigenvalue weighted by Crippen LogP contribution is -2.13. The minimum Gasteiger partial charge on any atom is -0.722 e. The van der Waals surface area contributed by atoms with Crippen molar-refractivity contribution in [3.05, 3.63) is 54.1 Å². The van der Waals surface area contributed by atoms with E-state index in [1.165, 1.54) is 0 Å². The van der Waals surface area contributed by atoms with Crippen LogP contribution in [0.4, 0.5) is 3.89 Å². The zero-order valence-corrected chi connectivity index (χ0v) is 13.5. The fourth-order valence-corrected chi connectivity index (χ4v) is 2.33. The highest BCUT2D eigenvalue weighted by Gasteiger charge is 2.19. The van der Waals surface area contributed by atoms with Crippen LogP contribution in [0.25, 0.3) is 21.8 Å². The predicted octanol–water partition coefficient (Wildman–Crippen LogP) is 2.40. The Morgan fingerprint density at radius 3 is 1.92 bits per heavy atom. The van der Waals surface area contributed by atoms with E-state index in [2.05, 4.69) is 4.98 Å². The second-order valence-corrected chi connectivity index (χ2v) is 5.49. The summed E-state index contributed by atoms with van der Waals surface area (Å²) in [6.45, 7) is 2.19. The van der Waals surface area contributed by atoms with Crippen LogP contribution in [0.5, 0.6) is 0 Å². The van der Waals surface area contributed by atoms with Crippen molar-refractivity contribution in [1.29, 1.82) is 0 Å². The summed E-state index contributed by atoms with van der Waals surface area (Å²) < 4.78 is 40.5. The molecule has 6 nitrogen and oxygen atoms in total. The Morgan fingerprint density at radius 2 is 1.50 bits per heavy atom. The molecular weight excluding hydrogens is 337 g/mol. The van der Waals surface area contributed by atoms with Crippen molar-refractivity contribution in [1.82, 2.24) is 0 Å². The molecule has 0 saturated carbocycles. The number of hydrogen-bond donors (Lipinski definition) is 0. The summed E-state index contributed by atoms with van der Waals surface area (Å²) in [6.07, 6.45) is 0. The monoisotopic (exact) mass is 351 g/mol. The molecular formula is C16H14FNO5S. The normalized spacial score (nSPS) is 11.0. The molecule has 0 spiro atoms. The average Bonchev–Trinajstić information content (AvgIpc) is 2.51. The fourth-order valence-electron chi connectivity index (χ4n) is 2.33. The van der Waals surface area contributed by atoms with Crippen LogP contribution in [-0.2, 0) is 15.2 Å². The van der Waals surface area contributed by atoms with E-state index >= 15 is 0 Å². The number of hydrogen-bond acceptors (Lipinski definition) is 5. The molecule has 8 heteroatoms. The van der Waals surface area contributed by atoms with Crippen molar-refractivity contribution in [3.8, 4) is 0 Å². The lowest BCUT2D eigenvalue weighted by molar-refractivity contribution is -0.310. The van der Waals surface area contributed by atoms with Gasteiger partial charge in [0.1, 0.15) is 0 Å². The van der Waals surface area contributed by atoms with Crippen LogP contribution in [0.2, 0.25) is 0 Å². The molecule has 0 aliphatic rings. The van der Waals surface area contributed by atoms with E-state index < -0.39 is 10.5 Å². The molecule has 0 radical (unpaired) electrons. The van der Waals surface area contributed by atoms with Crippen molar-refractivity contribution in [2.75, 3.05) is 6.61 Å². The molecule has 0 aliphatic heterocycles. The van der Waals surface area contributed by atoms with Crippen LogP contribution >= 0.6 is 0 Å². The summed E-state index contributed by atoms with van der Waals surface area (Å²) in [7, 11) is -5.42. The van der Waals surface area contributed by atoms with Gasteiger partial charge in [0.15, 0.2) is 0 Å². The molecule has 1 heterocycles. The number of pyridine rings is 1. The van der Waals surface area contributed by atoms with Gasteiger partial charge in [-0.05, 0) is 19.1 Å². The van der Waals surface area contributed by atoms with Gasteiger partial charge in [-0.25, -0.2) is 18.2 Å². The molecule has 3 rings (SSSR count). The van der Waals surface area contributed by atoms with Crippen LogP contribution in [0, 0.1) is 0 Å². The van der Waals surface area contributed by atoms with Crippen molar-refractivity contribution in [2.24, 2.45) is 0 Å². The summed E-state index contributed by atoms with van der Waals surface area (Å²) in [5.41, 5.74) is 2.50. The Bertz CT molecular complexity index is 926. The average molecular weight is 351 g/mol. The number of halogens is 1. The number of fused-ring (bicyclic) bond motifs is 2. The van der Waals surface area contributed by atoms with E-state index in [-0.39, 0.29) is 5.97 Å². The first-order valence-electron chi connectivity index (χ1n) is 6.96. The fraction of sp³-hybridized carbons (Fsp3) is 0.125. The van der Waals surface area contributed by atoms with Gasteiger partial charge in [0.05, 0.1) is 22.9 Å². The number of ether oxygens (including phenoxy) is 1. The van der Waals surface area contributed by atoms with E-state index in [9.17, 15) is 8.68 Å². The SMILES string of the molecule is CCOC(=O)c1c2ccccc2[nH+]c2ccccc12.O=S(=O)([O-])F. The van der Waals surface area contributed by atoms with Gasteiger partial charge >= 0.3 is 5.97 Å². The molecule has 0 bridgehead atoms. The quantitative estimate of drug-likeness (QED) is 0.306. The topological polar surface area (TPSA) is 97.6 Å². The third kappa shape index (κ3) is 4.46. The number of para-hydroxylation sites is 2. The number of esters is 1. The molecule has 0 unspecified atom stereocenters. The zero-order chi connectivity index (χ0) is 17.7. The van der Waals surface area contributed by atoms with E-state index in [1.54, 1.807) is 0 Å². The molecule has 126 valence electrons. The highest BCUT2D eigenvalue weighted by molar-refractivity contribution is 7.80. The first-order valence-corrected chi connectivity index (χ1v) is 8.27. The lowest BCUT2D eigenvalue weighted by atomic mass is 10.0. The zero-order valence-electron chi connectivity index (χ0n) is 12.7. The van der Waals surface area contributed by atoms with Crippen molar-refractivity contribution in [3.63, 3.8) is 0 Å². The third-order valence-corrected chi connectivity index (χ3v) is 3.14. The molecule has 24 heavy (non-hydrogen) atoms. The summed E-state index contributed by atoms with van der Waals surface area (Å²) in [6, 6.07) is 15.5. The molecule has 0 fully saturated rings. The van der Waals surface area contributed by atoms with E-state index in [4.69, 9.17) is 17.7 Å². The van der Waals surface area contributed by atoms with Gasteiger partial charge in [0.25, 0.3) is 10.5 Å². The number of aromatic nitrogens is 1. The molecule has 0 aliphatic carbocycles. The number of nitrogens with one attached hydrogen (secondary N) is 1. The van der Waals surface area contributed by atoms with E-state index in [0.29, 0.717) is 12.2 Å². The maximum atomic E-state index is 12.2. The van der Waals surface area contributed by atoms with Crippen molar-refractivity contribution in [2.45, 2.75) is 6.92 Å². The first-order chi connectivity index (χ1) is 11.3. The van der Waals surface area contributed by atoms with Crippen LogP contribution in [-0.4, -0.2) is 25.5 Å². The second-order valence-electron chi connectivity index (χ2n) is 4.70. The third-order valence-electron chi connectivity index (χ3n) is 3.14. The van der Waals surface area contributed by atoms with E-state index in [0.717, 1.165) is 21.8 Å². The number of H-pyrrole nitrogens is 1. The number of carbonyl (C=O) groups excluding carboxylic acids is 1. The van der Waals surface area contributed by atoms with Crippen LogP contribution in [0.3, 0.4) is 0 Å². The molecule has 1 aromatic heterocycles. The van der Waals surface area contributed by atoms with Gasteiger partial charge in [-0.15, -0.1) is 3.89 Å². The van der Waals surface area contributed by atoms with E-state index in [1.807, 2.05) is 55.5 Å². The van der Waals surface area contributed by atoms with Gasteiger partial charge in [-0.2, -0.15) is 0 Å². The number of carbonyl (C=O) groups is 1. The summed E-state index contributed by atoms with van der Waals surface area (Å²) in [5.74, 6) is -0.274.